The van der Waals surface area contributed by atoms with E-state index in [-0.39, 0.29) is 17.9 Å². The van der Waals surface area contributed by atoms with Crippen molar-refractivity contribution in [2.75, 3.05) is 0 Å². The van der Waals surface area contributed by atoms with Gasteiger partial charge >= 0.3 is 0 Å². The van der Waals surface area contributed by atoms with Gasteiger partial charge in [-0.25, -0.2) is 4.98 Å². The van der Waals surface area contributed by atoms with E-state index < -0.39 is 17.7 Å². The Bertz CT molecular complexity index is 1190. The maximum absolute atomic E-state index is 13.6. The van der Waals surface area contributed by atoms with Crippen molar-refractivity contribution < 1.29 is 14.7 Å². The molecule has 0 fully saturated rings. The van der Waals surface area contributed by atoms with Gasteiger partial charge in [0.05, 0.1) is 27.2 Å². The number of aliphatic hydroxyl groups excluding tert-OH is 1. The summed E-state index contributed by atoms with van der Waals surface area (Å²) < 4.78 is 0. The van der Waals surface area contributed by atoms with Crippen molar-refractivity contribution in [1.29, 1.82) is 0 Å². The molecule has 0 spiro atoms. The number of carbonyl (C=O) groups excluding carboxylic acids is 2. The van der Waals surface area contributed by atoms with Crippen LogP contribution in [0, 0.1) is 13.8 Å². The van der Waals surface area contributed by atoms with Crippen LogP contribution < -0.4 is 0 Å². The quantitative estimate of drug-likeness (QED) is 0.496. The van der Waals surface area contributed by atoms with Gasteiger partial charge in [0.1, 0.15) is 0 Å². The lowest BCUT2D eigenvalue weighted by Crippen LogP contribution is -2.30. The molecule has 1 aromatic heterocycles. The van der Waals surface area contributed by atoms with Crippen LogP contribution in [0.4, 0.5) is 0 Å². The summed E-state index contributed by atoms with van der Waals surface area (Å²) in [5.74, 6) is -0.988. The lowest BCUT2D eigenvalue weighted by atomic mass is 9.92. The number of aliphatic hydroxyl groups is 1. The van der Waals surface area contributed by atoms with Gasteiger partial charge in [-0.3, -0.25) is 9.59 Å². The van der Waals surface area contributed by atoms with Crippen molar-refractivity contribution >= 4 is 23.0 Å². The van der Waals surface area contributed by atoms with Crippen molar-refractivity contribution in [2.45, 2.75) is 46.2 Å². The van der Waals surface area contributed by atoms with E-state index in [2.05, 4.69) is 18.8 Å². The predicted molar refractivity (Wildman–Crippen MR) is 126 cm³/mol. The molecule has 4 rings (SSSR count). The molecule has 6 heteroatoms. The zero-order valence-electron chi connectivity index (χ0n) is 18.6. The fourth-order valence-electron chi connectivity index (χ4n) is 4.10. The van der Waals surface area contributed by atoms with Gasteiger partial charge in [0, 0.05) is 6.54 Å². The molecule has 2 aromatic carbocycles. The molecule has 1 aliphatic heterocycles. The highest BCUT2D eigenvalue weighted by Crippen LogP contribution is 2.41. The summed E-state index contributed by atoms with van der Waals surface area (Å²) in [4.78, 5) is 33.1. The van der Waals surface area contributed by atoms with Crippen LogP contribution in [0.25, 0.3) is 0 Å². The third kappa shape index (κ3) is 3.98. The number of hydrogen-bond donors (Lipinski definition) is 1. The summed E-state index contributed by atoms with van der Waals surface area (Å²) in [6.45, 7) is 8.14. The molecule has 3 aromatic rings. The number of carbonyl (C=O) groups is 2. The number of aromatic nitrogens is 1. The third-order valence-corrected chi connectivity index (χ3v) is 6.84. The molecule has 1 N–H and O–H groups in total. The molecular formula is C26H26N2O3S. The van der Waals surface area contributed by atoms with Gasteiger partial charge in [-0.2, -0.15) is 0 Å². The number of Topliss-reactive ketones (excluding diaryl/α,β-unsaturated/α-hetero) is 1. The van der Waals surface area contributed by atoms with E-state index in [4.69, 9.17) is 0 Å². The normalized spacial score (nSPS) is 16.3. The highest BCUT2D eigenvalue weighted by molar-refractivity contribution is 7.14. The molecule has 32 heavy (non-hydrogen) atoms. The lowest BCUT2D eigenvalue weighted by molar-refractivity contribution is -0.130. The number of amides is 1. The number of nitrogens with zero attached hydrogens (tertiary/aromatic N) is 2. The van der Waals surface area contributed by atoms with E-state index in [0.717, 1.165) is 16.1 Å². The molecule has 5 nitrogen and oxygen atoms in total. The van der Waals surface area contributed by atoms with Gasteiger partial charge in [0.15, 0.2) is 5.76 Å². The Hall–Kier alpha value is -3.25. The van der Waals surface area contributed by atoms with Crippen LogP contribution in [0.5, 0.6) is 0 Å². The van der Waals surface area contributed by atoms with Crippen molar-refractivity contribution in [3.05, 3.63) is 98.2 Å². The van der Waals surface area contributed by atoms with E-state index in [1.165, 1.54) is 16.9 Å². The topological polar surface area (TPSA) is 70.5 Å². The average Bonchev–Trinajstić information content (AvgIpc) is 3.24. The van der Waals surface area contributed by atoms with Crippen molar-refractivity contribution in [3.8, 4) is 0 Å². The SMILES string of the molecule is Cc1nc(C)c(C(=O)C2=C(O)C(=O)N(Cc3ccccc3)C2c2ccc(C(C)C)cc2)s1. The number of aryl methyl sites for hydroxylation is 2. The molecule has 164 valence electrons. The minimum atomic E-state index is -0.668. The highest BCUT2D eigenvalue weighted by Gasteiger charge is 2.44. The zero-order chi connectivity index (χ0) is 23.0. The van der Waals surface area contributed by atoms with E-state index in [1.54, 1.807) is 11.8 Å². The number of ketones is 1. The van der Waals surface area contributed by atoms with Gasteiger partial charge in [0.2, 0.25) is 5.78 Å². The van der Waals surface area contributed by atoms with Gasteiger partial charge in [0.25, 0.3) is 5.91 Å². The van der Waals surface area contributed by atoms with Crippen molar-refractivity contribution in [1.82, 2.24) is 9.88 Å². The highest BCUT2D eigenvalue weighted by atomic mass is 32.1. The summed E-state index contributed by atoms with van der Waals surface area (Å²) >= 11 is 1.29. The molecule has 1 atom stereocenters. The van der Waals surface area contributed by atoms with Crippen molar-refractivity contribution in [2.24, 2.45) is 0 Å². The van der Waals surface area contributed by atoms with E-state index in [1.807, 2.05) is 61.5 Å². The van der Waals surface area contributed by atoms with Crippen LogP contribution >= 0.6 is 11.3 Å². The van der Waals surface area contributed by atoms with Gasteiger partial charge in [-0.1, -0.05) is 68.4 Å². The molecule has 1 unspecified atom stereocenters. The van der Waals surface area contributed by atoms with Crippen LogP contribution in [0.2, 0.25) is 0 Å². The smallest absolute Gasteiger partial charge is 0.290 e. The minimum Gasteiger partial charge on any atom is -0.503 e. The van der Waals surface area contributed by atoms with E-state index in [0.29, 0.717) is 16.5 Å². The maximum Gasteiger partial charge on any atom is 0.290 e. The largest absolute Gasteiger partial charge is 0.503 e. The number of rotatable bonds is 6. The zero-order valence-corrected chi connectivity index (χ0v) is 19.4. The molecule has 0 aliphatic carbocycles. The Kier molecular flexibility index (Phi) is 5.98. The summed E-state index contributed by atoms with van der Waals surface area (Å²) in [5.41, 5.74) is 3.62. The minimum absolute atomic E-state index is 0.120. The predicted octanol–water partition coefficient (Wildman–Crippen LogP) is 5.66. The monoisotopic (exact) mass is 446 g/mol. The Balaban J connectivity index is 1.81. The number of benzene rings is 2. The first-order chi connectivity index (χ1) is 15.3. The second-order valence-electron chi connectivity index (χ2n) is 8.38. The molecule has 2 heterocycles. The standard InChI is InChI=1S/C26H26N2O3S/c1-15(2)19-10-12-20(13-11-19)22-21(23(29)25-16(3)27-17(4)32-25)24(30)26(31)28(22)14-18-8-6-5-7-9-18/h5-13,15,22,30H,14H2,1-4H3. The summed E-state index contributed by atoms with van der Waals surface area (Å²) in [5, 5.41) is 11.6. The first kappa shape index (κ1) is 22.0. The lowest BCUT2D eigenvalue weighted by Gasteiger charge is -2.27. The second-order valence-corrected chi connectivity index (χ2v) is 9.58. The Morgan fingerprint density at radius 2 is 1.75 bits per heavy atom. The van der Waals surface area contributed by atoms with Crippen molar-refractivity contribution in [3.63, 3.8) is 0 Å². The van der Waals surface area contributed by atoms with Gasteiger partial charge in [-0.05, 0) is 36.5 Å². The molecule has 1 amide bonds. The first-order valence-corrected chi connectivity index (χ1v) is 11.5. The summed E-state index contributed by atoms with van der Waals surface area (Å²) in [7, 11) is 0. The van der Waals surface area contributed by atoms with Crippen LogP contribution in [-0.2, 0) is 11.3 Å². The third-order valence-electron chi connectivity index (χ3n) is 5.77. The van der Waals surface area contributed by atoms with Gasteiger partial charge in [-0.15, -0.1) is 11.3 Å². The molecule has 0 saturated carbocycles. The van der Waals surface area contributed by atoms with Crippen LogP contribution in [0.1, 0.15) is 62.9 Å². The molecular weight excluding hydrogens is 420 g/mol. The Morgan fingerprint density at radius 1 is 1.09 bits per heavy atom. The molecule has 1 aliphatic rings. The first-order valence-electron chi connectivity index (χ1n) is 10.6. The van der Waals surface area contributed by atoms with Crippen LogP contribution in [0.3, 0.4) is 0 Å². The molecule has 0 radical (unpaired) electrons. The second kappa shape index (κ2) is 8.71. The van der Waals surface area contributed by atoms with E-state index >= 15 is 0 Å². The summed E-state index contributed by atoms with van der Waals surface area (Å²) in [6, 6.07) is 16.9. The summed E-state index contributed by atoms with van der Waals surface area (Å²) in [6.07, 6.45) is 0. The fourth-order valence-corrected chi connectivity index (χ4v) is 4.98. The average molecular weight is 447 g/mol. The molecule has 0 saturated heterocycles. The number of thiazole rings is 1. The molecule has 0 bridgehead atoms. The van der Waals surface area contributed by atoms with Crippen LogP contribution in [-0.4, -0.2) is 26.7 Å². The fraction of sp³-hybridized carbons (Fsp3) is 0.269. The van der Waals surface area contributed by atoms with Crippen LogP contribution in [0.15, 0.2) is 65.9 Å². The van der Waals surface area contributed by atoms with Gasteiger partial charge < -0.3 is 10.0 Å². The maximum atomic E-state index is 13.6. The Labute approximate surface area is 192 Å². The van der Waals surface area contributed by atoms with E-state index in [9.17, 15) is 14.7 Å². The Morgan fingerprint density at radius 3 is 2.31 bits per heavy atom. The number of hydrogen-bond acceptors (Lipinski definition) is 5.